The van der Waals surface area contributed by atoms with Gasteiger partial charge in [0.2, 0.25) is 5.91 Å². The third kappa shape index (κ3) is 2.48. The topological polar surface area (TPSA) is 69.3 Å². The van der Waals surface area contributed by atoms with Crippen LogP contribution in [0.15, 0.2) is 36.5 Å². The molecule has 1 unspecified atom stereocenters. The Morgan fingerprint density at radius 2 is 2.00 bits per heavy atom. The highest BCUT2D eigenvalue weighted by Gasteiger charge is 2.39. The molecule has 2 amide bonds. The summed E-state index contributed by atoms with van der Waals surface area (Å²) in [6.45, 7) is 0.631. The molecule has 2 heterocycles. The first-order valence-electron chi connectivity index (χ1n) is 8.33. The molecule has 0 radical (unpaired) electrons. The molecule has 0 spiro atoms. The van der Waals surface area contributed by atoms with Crippen molar-refractivity contribution in [3.63, 3.8) is 0 Å². The van der Waals surface area contributed by atoms with E-state index >= 15 is 0 Å². The van der Waals surface area contributed by atoms with Crippen LogP contribution in [0.5, 0.6) is 0 Å². The first-order chi connectivity index (χ1) is 11.7. The average molecular weight is 324 g/mol. The first kappa shape index (κ1) is 14.9. The van der Waals surface area contributed by atoms with E-state index in [4.69, 9.17) is 0 Å². The fourth-order valence-electron chi connectivity index (χ4n) is 3.37. The molecule has 6 nitrogen and oxygen atoms in total. The van der Waals surface area contributed by atoms with E-state index in [2.05, 4.69) is 10.2 Å². The fourth-order valence-corrected chi connectivity index (χ4v) is 3.37. The molecule has 2 aliphatic rings. The third-order valence-corrected chi connectivity index (χ3v) is 4.92. The van der Waals surface area contributed by atoms with Gasteiger partial charge in [-0.3, -0.25) is 14.7 Å². The number of likely N-dealkylation sites (N-methyl/N-ethyl adjacent to an activating group) is 1. The summed E-state index contributed by atoms with van der Waals surface area (Å²) < 4.78 is 0. The lowest BCUT2D eigenvalue weighted by Crippen LogP contribution is -2.43. The van der Waals surface area contributed by atoms with Gasteiger partial charge in [0.1, 0.15) is 6.04 Å². The second kappa shape index (κ2) is 5.78. The number of hydrogen-bond donors (Lipinski definition) is 1. The maximum absolute atomic E-state index is 12.8. The number of carbonyl (C=O) groups is 2. The summed E-state index contributed by atoms with van der Waals surface area (Å²) in [6.07, 6.45) is 4.42. The van der Waals surface area contributed by atoms with Crippen LogP contribution in [0, 0.1) is 0 Å². The molecule has 6 heteroatoms. The average Bonchev–Trinajstić information content (AvgIpc) is 3.21. The van der Waals surface area contributed by atoms with Gasteiger partial charge < -0.3 is 9.80 Å². The van der Waals surface area contributed by atoms with Crippen molar-refractivity contribution in [3.8, 4) is 0 Å². The van der Waals surface area contributed by atoms with E-state index in [1.165, 1.54) is 0 Å². The lowest BCUT2D eigenvalue weighted by Gasteiger charge is -2.24. The number of rotatable bonds is 4. The normalized spacial score (nSPS) is 20.5. The second-order valence-corrected chi connectivity index (χ2v) is 6.52. The predicted octanol–water partition coefficient (Wildman–Crippen LogP) is 2.16. The van der Waals surface area contributed by atoms with E-state index in [1.54, 1.807) is 23.0 Å². The Kier molecular flexibility index (Phi) is 3.59. The SMILES string of the molecule is CN(C(=O)c1cn[nH]c1C1CC1)C1CCN(c2ccccc2)C1=O. The number of carbonyl (C=O) groups excluding carboxylic acids is 2. The van der Waals surface area contributed by atoms with Gasteiger partial charge in [0, 0.05) is 25.2 Å². The quantitative estimate of drug-likeness (QED) is 0.937. The Hall–Kier alpha value is -2.63. The highest BCUT2D eigenvalue weighted by Crippen LogP contribution is 2.40. The largest absolute Gasteiger partial charge is 0.329 e. The number of H-pyrrole nitrogens is 1. The van der Waals surface area contributed by atoms with E-state index in [9.17, 15) is 9.59 Å². The molecule has 1 N–H and O–H groups in total. The van der Waals surface area contributed by atoms with Gasteiger partial charge in [-0.2, -0.15) is 5.10 Å². The number of aromatic nitrogens is 2. The van der Waals surface area contributed by atoms with Crippen molar-refractivity contribution < 1.29 is 9.59 Å². The van der Waals surface area contributed by atoms with E-state index in [0.717, 1.165) is 24.2 Å². The summed E-state index contributed by atoms with van der Waals surface area (Å²) in [6, 6.07) is 9.18. The Balaban J connectivity index is 1.52. The predicted molar refractivity (Wildman–Crippen MR) is 89.9 cm³/mol. The van der Waals surface area contributed by atoms with Crippen LogP contribution in [0.1, 0.15) is 41.2 Å². The zero-order valence-electron chi connectivity index (χ0n) is 13.6. The lowest BCUT2D eigenvalue weighted by atomic mass is 10.1. The third-order valence-electron chi connectivity index (χ3n) is 4.92. The molecular weight excluding hydrogens is 304 g/mol. The molecule has 1 saturated heterocycles. The van der Waals surface area contributed by atoms with Crippen molar-refractivity contribution in [1.29, 1.82) is 0 Å². The minimum Gasteiger partial charge on any atom is -0.329 e. The lowest BCUT2D eigenvalue weighted by molar-refractivity contribution is -0.120. The van der Waals surface area contributed by atoms with Gasteiger partial charge in [-0.25, -0.2) is 0 Å². The molecule has 1 atom stereocenters. The highest BCUT2D eigenvalue weighted by atomic mass is 16.2. The molecule has 4 rings (SSSR count). The minimum absolute atomic E-state index is 0.0199. The summed E-state index contributed by atoms with van der Waals surface area (Å²) in [5, 5.41) is 6.97. The van der Waals surface area contributed by atoms with Gasteiger partial charge in [-0.05, 0) is 31.4 Å². The second-order valence-electron chi connectivity index (χ2n) is 6.52. The zero-order chi connectivity index (χ0) is 16.7. The highest BCUT2D eigenvalue weighted by molar-refractivity contribution is 6.04. The first-order valence-corrected chi connectivity index (χ1v) is 8.33. The van der Waals surface area contributed by atoms with Gasteiger partial charge in [0.25, 0.3) is 5.91 Å². The maximum Gasteiger partial charge on any atom is 0.257 e. The van der Waals surface area contributed by atoms with Gasteiger partial charge >= 0.3 is 0 Å². The molecule has 2 aromatic rings. The van der Waals surface area contributed by atoms with Crippen LogP contribution in [0.3, 0.4) is 0 Å². The Morgan fingerprint density at radius 3 is 2.71 bits per heavy atom. The molecule has 2 fully saturated rings. The van der Waals surface area contributed by atoms with Crippen LogP contribution >= 0.6 is 0 Å². The Morgan fingerprint density at radius 1 is 1.25 bits per heavy atom. The molecule has 1 aliphatic heterocycles. The zero-order valence-corrected chi connectivity index (χ0v) is 13.6. The summed E-state index contributed by atoms with van der Waals surface area (Å²) in [4.78, 5) is 28.9. The molecule has 1 aromatic heterocycles. The van der Waals surface area contributed by atoms with Gasteiger partial charge in [-0.15, -0.1) is 0 Å². The molecule has 1 aromatic carbocycles. The summed E-state index contributed by atoms with van der Waals surface area (Å²) in [7, 11) is 1.71. The number of para-hydroxylation sites is 1. The molecule has 24 heavy (non-hydrogen) atoms. The van der Waals surface area contributed by atoms with Crippen LogP contribution in [0.25, 0.3) is 0 Å². The Labute approximate surface area is 140 Å². The van der Waals surface area contributed by atoms with Crippen LogP contribution in [-0.2, 0) is 4.79 Å². The fraction of sp³-hybridized carbons (Fsp3) is 0.389. The Bertz CT molecular complexity index is 766. The molecular formula is C18H20N4O2. The number of hydrogen-bond acceptors (Lipinski definition) is 3. The maximum atomic E-state index is 12.8. The minimum atomic E-state index is -0.417. The van der Waals surface area contributed by atoms with Crippen molar-refractivity contribution >= 4 is 17.5 Å². The molecule has 124 valence electrons. The standard InChI is InChI=1S/C18H20N4O2/c1-21(17(23)14-11-19-20-16(14)12-7-8-12)15-9-10-22(18(15)24)13-5-3-2-4-6-13/h2-6,11-12,15H,7-10H2,1H3,(H,19,20). The van der Waals surface area contributed by atoms with Crippen molar-refractivity contribution in [2.75, 3.05) is 18.5 Å². The summed E-state index contributed by atoms with van der Waals surface area (Å²) >= 11 is 0. The van der Waals surface area contributed by atoms with E-state index < -0.39 is 6.04 Å². The number of amides is 2. The van der Waals surface area contributed by atoms with Crippen LogP contribution in [0.4, 0.5) is 5.69 Å². The monoisotopic (exact) mass is 324 g/mol. The van der Waals surface area contributed by atoms with E-state index in [-0.39, 0.29) is 11.8 Å². The molecule has 1 saturated carbocycles. The van der Waals surface area contributed by atoms with Crippen molar-refractivity contribution in [2.24, 2.45) is 0 Å². The van der Waals surface area contributed by atoms with Crippen molar-refractivity contribution in [2.45, 2.75) is 31.2 Å². The summed E-state index contributed by atoms with van der Waals surface area (Å²) in [5.74, 6) is 0.271. The van der Waals surface area contributed by atoms with Crippen molar-refractivity contribution in [1.82, 2.24) is 15.1 Å². The van der Waals surface area contributed by atoms with E-state index in [1.807, 2.05) is 30.3 Å². The van der Waals surface area contributed by atoms with Gasteiger partial charge in [-0.1, -0.05) is 18.2 Å². The molecule has 1 aliphatic carbocycles. The number of nitrogens with zero attached hydrogens (tertiary/aromatic N) is 3. The van der Waals surface area contributed by atoms with Crippen LogP contribution in [0.2, 0.25) is 0 Å². The van der Waals surface area contributed by atoms with Gasteiger partial charge in [0.15, 0.2) is 0 Å². The number of nitrogens with one attached hydrogen (secondary N) is 1. The number of benzene rings is 1. The molecule has 0 bridgehead atoms. The van der Waals surface area contributed by atoms with Crippen LogP contribution in [-0.4, -0.2) is 46.5 Å². The van der Waals surface area contributed by atoms with Crippen molar-refractivity contribution in [3.05, 3.63) is 47.8 Å². The van der Waals surface area contributed by atoms with E-state index in [0.29, 0.717) is 24.4 Å². The summed E-state index contributed by atoms with van der Waals surface area (Å²) in [5.41, 5.74) is 2.40. The number of anilines is 1. The van der Waals surface area contributed by atoms with Crippen LogP contribution < -0.4 is 4.90 Å². The van der Waals surface area contributed by atoms with Gasteiger partial charge in [0.05, 0.1) is 17.5 Å². The smallest absolute Gasteiger partial charge is 0.257 e. The number of aromatic amines is 1.